The van der Waals surface area contributed by atoms with Crippen LogP contribution in [0.25, 0.3) is 0 Å². The monoisotopic (exact) mass is 322 g/mol. The van der Waals surface area contributed by atoms with Crippen molar-refractivity contribution in [2.45, 2.75) is 6.04 Å². The quantitative estimate of drug-likeness (QED) is 0.868. The first-order chi connectivity index (χ1) is 11.8. The average molecular weight is 322 g/mol. The normalized spacial score (nSPS) is 16.2. The molecule has 1 atom stereocenters. The number of benzene rings is 1. The van der Waals surface area contributed by atoms with Gasteiger partial charge in [-0.1, -0.05) is 24.3 Å². The maximum atomic E-state index is 12.2. The molecule has 6 nitrogen and oxygen atoms in total. The van der Waals surface area contributed by atoms with E-state index in [2.05, 4.69) is 16.0 Å². The Bertz CT molecular complexity index is 707. The van der Waals surface area contributed by atoms with Crippen molar-refractivity contribution in [1.29, 1.82) is 5.26 Å². The van der Waals surface area contributed by atoms with Crippen LogP contribution in [-0.2, 0) is 0 Å². The Morgan fingerprint density at radius 2 is 1.88 bits per heavy atom. The molecule has 1 aliphatic rings. The highest BCUT2D eigenvalue weighted by atomic mass is 16.6. The van der Waals surface area contributed by atoms with Crippen LogP contribution in [0.15, 0.2) is 54.9 Å². The fraction of sp³-hybridized carbons (Fsp3) is 0.278. The van der Waals surface area contributed by atoms with E-state index >= 15 is 0 Å². The van der Waals surface area contributed by atoms with Crippen LogP contribution in [0.1, 0.15) is 11.6 Å². The van der Waals surface area contributed by atoms with Crippen molar-refractivity contribution in [3.63, 3.8) is 0 Å². The first-order valence-electron chi connectivity index (χ1n) is 7.83. The highest BCUT2D eigenvalue weighted by Gasteiger charge is 2.28. The number of para-hydroxylation sites is 1. The van der Waals surface area contributed by atoms with Gasteiger partial charge in [0.2, 0.25) is 0 Å². The Kier molecular flexibility index (Phi) is 5.04. The summed E-state index contributed by atoms with van der Waals surface area (Å²) in [6.07, 6.45) is 3.05. The number of ether oxygens (including phenoxy) is 1. The minimum Gasteiger partial charge on any atom is -0.410 e. The van der Waals surface area contributed by atoms with Crippen molar-refractivity contribution in [2.24, 2.45) is 0 Å². The van der Waals surface area contributed by atoms with Crippen LogP contribution in [0.4, 0.5) is 4.79 Å². The highest BCUT2D eigenvalue weighted by molar-refractivity contribution is 5.70. The molecule has 3 rings (SSSR count). The lowest BCUT2D eigenvalue weighted by Gasteiger charge is -2.36. The van der Waals surface area contributed by atoms with Gasteiger partial charge in [-0.2, -0.15) is 5.26 Å². The van der Waals surface area contributed by atoms with Crippen LogP contribution in [0, 0.1) is 11.3 Å². The molecule has 2 aromatic rings. The van der Waals surface area contributed by atoms with E-state index in [1.807, 2.05) is 30.3 Å². The Morgan fingerprint density at radius 1 is 1.12 bits per heavy atom. The molecule has 1 aliphatic heterocycles. The number of nitriles is 1. The number of carbonyl (C=O) groups excluding carboxylic acids is 1. The lowest BCUT2D eigenvalue weighted by atomic mass is 10.1. The van der Waals surface area contributed by atoms with Crippen molar-refractivity contribution in [2.75, 3.05) is 26.2 Å². The van der Waals surface area contributed by atoms with Gasteiger partial charge in [0, 0.05) is 44.1 Å². The first-order valence-corrected chi connectivity index (χ1v) is 7.83. The second-order valence-electron chi connectivity index (χ2n) is 5.52. The lowest BCUT2D eigenvalue weighted by Crippen LogP contribution is -2.50. The van der Waals surface area contributed by atoms with Crippen LogP contribution in [0.5, 0.6) is 5.75 Å². The third-order valence-electron chi connectivity index (χ3n) is 4.01. The molecule has 0 bridgehead atoms. The van der Waals surface area contributed by atoms with Crippen LogP contribution in [0.3, 0.4) is 0 Å². The zero-order valence-corrected chi connectivity index (χ0v) is 13.2. The second-order valence-corrected chi connectivity index (χ2v) is 5.52. The van der Waals surface area contributed by atoms with Crippen molar-refractivity contribution >= 4 is 6.09 Å². The number of pyridine rings is 1. The predicted octanol–water partition coefficient (Wildman–Crippen LogP) is 2.46. The minimum atomic E-state index is -0.351. The van der Waals surface area contributed by atoms with Gasteiger partial charge in [-0.3, -0.25) is 9.88 Å². The van der Waals surface area contributed by atoms with Gasteiger partial charge < -0.3 is 9.64 Å². The molecule has 6 heteroatoms. The number of carbonyl (C=O) groups is 1. The van der Waals surface area contributed by atoms with E-state index in [4.69, 9.17) is 4.74 Å². The maximum Gasteiger partial charge on any atom is 0.415 e. The van der Waals surface area contributed by atoms with E-state index < -0.39 is 0 Å². The van der Waals surface area contributed by atoms with E-state index in [1.54, 1.807) is 29.4 Å². The second kappa shape index (κ2) is 7.57. The third kappa shape index (κ3) is 3.70. The predicted molar refractivity (Wildman–Crippen MR) is 88.2 cm³/mol. The molecular weight excluding hydrogens is 304 g/mol. The Balaban J connectivity index is 1.57. The molecule has 0 saturated carbocycles. The van der Waals surface area contributed by atoms with E-state index in [0.29, 0.717) is 31.9 Å². The molecule has 1 fully saturated rings. The molecule has 24 heavy (non-hydrogen) atoms. The van der Waals surface area contributed by atoms with Crippen LogP contribution < -0.4 is 4.74 Å². The summed E-state index contributed by atoms with van der Waals surface area (Å²) in [5.74, 6) is 0.537. The van der Waals surface area contributed by atoms with Crippen molar-refractivity contribution in [3.05, 3.63) is 60.4 Å². The molecule has 2 heterocycles. The van der Waals surface area contributed by atoms with E-state index in [1.165, 1.54) is 0 Å². The summed E-state index contributed by atoms with van der Waals surface area (Å²) >= 11 is 0. The number of hydrogen-bond acceptors (Lipinski definition) is 5. The minimum absolute atomic E-state index is 0.342. The summed E-state index contributed by atoms with van der Waals surface area (Å²) in [6, 6.07) is 14.7. The fourth-order valence-electron chi connectivity index (χ4n) is 2.72. The van der Waals surface area contributed by atoms with Gasteiger partial charge in [-0.15, -0.1) is 0 Å². The highest BCUT2D eigenvalue weighted by Crippen LogP contribution is 2.21. The van der Waals surface area contributed by atoms with Gasteiger partial charge in [0.25, 0.3) is 0 Å². The average Bonchev–Trinajstić information content (AvgIpc) is 2.65. The van der Waals surface area contributed by atoms with E-state index in [-0.39, 0.29) is 12.1 Å². The topological polar surface area (TPSA) is 69.5 Å². The zero-order chi connectivity index (χ0) is 16.8. The number of nitrogens with zero attached hydrogens (tertiary/aromatic N) is 4. The number of hydrogen-bond donors (Lipinski definition) is 0. The number of piperazine rings is 1. The van der Waals surface area contributed by atoms with Gasteiger partial charge >= 0.3 is 6.09 Å². The standard InChI is InChI=1S/C18H18N4O2/c19-13-17(15-5-4-8-20-14-15)21-9-11-22(12-10-21)18(23)24-16-6-2-1-3-7-16/h1-8,14,17H,9-12H2. The molecule has 1 aromatic heterocycles. The van der Waals surface area contributed by atoms with Gasteiger partial charge in [0.05, 0.1) is 6.07 Å². The summed E-state index contributed by atoms with van der Waals surface area (Å²) in [4.78, 5) is 20.0. The van der Waals surface area contributed by atoms with Gasteiger partial charge in [-0.25, -0.2) is 4.79 Å². The SMILES string of the molecule is N#CC(c1cccnc1)N1CCN(C(=O)Oc2ccccc2)CC1. The maximum absolute atomic E-state index is 12.2. The molecule has 1 amide bonds. The molecule has 0 spiro atoms. The van der Waals surface area contributed by atoms with Crippen molar-refractivity contribution in [3.8, 4) is 11.8 Å². The molecule has 0 radical (unpaired) electrons. The lowest BCUT2D eigenvalue weighted by molar-refractivity contribution is 0.100. The Hall–Kier alpha value is -2.91. The van der Waals surface area contributed by atoms with Gasteiger partial charge in [0.1, 0.15) is 11.8 Å². The first kappa shape index (κ1) is 16.0. The van der Waals surface area contributed by atoms with Gasteiger partial charge in [0.15, 0.2) is 0 Å². The van der Waals surface area contributed by atoms with Crippen LogP contribution in [0.2, 0.25) is 0 Å². The van der Waals surface area contributed by atoms with Crippen LogP contribution >= 0.6 is 0 Å². The number of rotatable bonds is 3. The van der Waals surface area contributed by atoms with E-state index in [9.17, 15) is 10.1 Å². The Morgan fingerprint density at radius 3 is 2.50 bits per heavy atom. The third-order valence-corrected chi connectivity index (χ3v) is 4.01. The molecule has 1 saturated heterocycles. The summed E-state index contributed by atoms with van der Waals surface area (Å²) in [7, 11) is 0. The smallest absolute Gasteiger partial charge is 0.410 e. The van der Waals surface area contributed by atoms with Crippen molar-refractivity contribution < 1.29 is 9.53 Å². The summed E-state index contributed by atoms with van der Waals surface area (Å²) in [5, 5.41) is 9.48. The molecule has 122 valence electrons. The number of amides is 1. The molecular formula is C18H18N4O2. The largest absolute Gasteiger partial charge is 0.415 e. The molecule has 0 aliphatic carbocycles. The van der Waals surface area contributed by atoms with E-state index in [0.717, 1.165) is 5.56 Å². The van der Waals surface area contributed by atoms with Crippen LogP contribution in [-0.4, -0.2) is 47.1 Å². The molecule has 1 aromatic carbocycles. The van der Waals surface area contributed by atoms with Crippen molar-refractivity contribution in [1.82, 2.24) is 14.8 Å². The number of aromatic nitrogens is 1. The summed E-state index contributed by atoms with van der Waals surface area (Å²) in [6.45, 7) is 2.31. The molecule has 0 N–H and O–H groups in total. The Labute approximate surface area is 140 Å². The summed E-state index contributed by atoms with van der Waals surface area (Å²) in [5.41, 5.74) is 0.875. The van der Waals surface area contributed by atoms with Gasteiger partial charge in [-0.05, 0) is 18.2 Å². The fourth-order valence-corrected chi connectivity index (χ4v) is 2.72. The molecule has 1 unspecified atom stereocenters. The summed E-state index contributed by atoms with van der Waals surface area (Å²) < 4.78 is 5.35. The zero-order valence-electron chi connectivity index (χ0n) is 13.2.